The summed E-state index contributed by atoms with van der Waals surface area (Å²) in [6, 6.07) is 5.37. The van der Waals surface area contributed by atoms with Gasteiger partial charge in [0.2, 0.25) is 5.78 Å². The van der Waals surface area contributed by atoms with Gasteiger partial charge in [0.1, 0.15) is 11.3 Å². The number of esters is 1. The summed E-state index contributed by atoms with van der Waals surface area (Å²) < 4.78 is 17.3. The van der Waals surface area contributed by atoms with Crippen molar-refractivity contribution >= 4 is 17.4 Å². The second-order valence-corrected chi connectivity index (χ2v) is 6.60. The molecule has 0 aliphatic carbocycles. The number of rotatable bonds is 9. The first-order chi connectivity index (χ1) is 13.7. The van der Waals surface area contributed by atoms with Gasteiger partial charge in [0.15, 0.2) is 6.61 Å². The van der Waals surface area contributed by atoms with Crippen molar-refractivity contribution in [2.75, 3.05) is 27.4 Å². The highest BCUT2D eigenvalue weighted by Crippen LogP contribution is 2.25. The number of methoxy groups -OCH3 is 2. The molecule has 0 amide bonds. The average Bonchev–Trinajstić information content (AvgIpc) is 2.99. The zero-order chi connectivity index (χ0) is 21.7. The van der Waals surface area contributed by atoms with Gasteiger partial charge in [-0.1, -0.05) is 0 Å². The topological polar surface area (TPSA) is 110 Å². The SMILES string of the molecule is COCC(C)n1c(C)cc(C(=O)COC(=O)c2cc([N+](=O)[O-])ccc2OC)c1C. The Bertz CT molecular complexity index is 933. The summed E-state index contributed by atoms with van der Waals surface area (Å²) >= 11 is 0. The molecule has 0 spiro atoms. The molecule has 2 aromatic rings. The number of nitrogens with zero attached hydrogens (tertiary/aromatic N) is 2. The maximum atomic E-state index is 12.6. The zero-order valence-electron chi connectivity index (χ0n) is 17.1. The number of hydrogen-bond acceptors (Lipinski definition) is 7. The standard InChI is InChI=1S/C20H24N2O7/c1-12-8-16(14(3)21(12)13(2)10-27-4)18(23)11-29-20(24)17-9-15(22(25)26)6-7-19(17)28-5/h6-9,13H,10-11H2,1-5H3. The highest BCUT2D eigenvalue weighted by molar-refractivity contribution is 6.01. The zero-order valence-corrected chi connectivity index (χ0v) is 17.1. The van der Waals surface area contributed by atoms with Gasteiger partial charge in [-0.25, -0.2) is 4.79 Å². The smallest absolute Gasteiger partial charge is 0.342 e. The Morgan fingerprint density at radius 2 is 1.86 bits per heavy atom. The van der Waals surface area contributed by atoms with E-state index in [2.05, 4.69) is 0 Å². The fourth-order valence-electron chi connectivity index (χ4n) is 3.31. The van der Waals surface area contributed by atoms with E-state index >= 15 is 0 Å². The molecule has 0 aliphatic heterocycles. The van der Waals surface area contributed by atoms with Gasteiger partial charge in [-0.05, 0) is 32.9 Å². The van der Waals surface area contributed by atoms with Gasteiger partial charge < -0.3 is 18.8 Å². The third-order valence-electron chi connectivity index (χ3n) is 4.58. The lowest BCUT2D eigenvalue weighted by Crippen LogP contribution is -2.17. The summed E-state index contributed by atoms with van der Waals surface area (Å²) in [5.41, 5.74) is 1.70. The van der Waals surface area contributed by atoms with Crippen LogP contribution in [0.4, 0.5) is 5.69 Å². The third-order valence-corrected chi connectivity index (χ3v) is 4.58. The number of aryl methyl sites for hydroxylation is 1. The molecule has 0 aliphatic rings. The molecule has 1 unspecified atom stereocenters. The van der Waals surface area contributed by atoms with E-state index in [4.69, 9.17) is 14.2 Å². The van der Waals surface area contributed by atoms with Crippen molar-refractivity contribution in [1.29, 1.82) is 0 Å². The van der Waals surface area contributed by atoms with Crippen LogP contribution in [0, 0.1) is 24.0 Å². The van der Waals surface area contributed by atoms with Gasteiger partial charge in [-0.2, -0.15) is 0 Å². The van der Waals surface area contributed by atoms with Crippen LogP contribution < -0.4 is 4.74 Å². The predicted octanol–water partition coefficient (Wildman–Crippen LogP) is 3.27. The third kappa shape index (κ3) is 4.80. The Morgan fingerprint density at radius 1 is 1.17 bits per heavy atom. The number of nitro benzene ring substituents is 1. The number of aromatic nitrogens is 1. The van der Waals surface area contributed by atoms with Crippen LogP contribution in [-0.2, 0) is 9.47 Å². The second kappa shape index (κ2) is 9.33. The summed E-state index contributed by atoms with van der Waals surface area (Å²) in [6.45, 7) is 5.68. The molecule has 156 valence electrons. The fraction of sp³-hybridized carbons (Fsp3) is 0.400. The van der Waals surface area contributed by atoms with Crippen molar-refractivity contribution in [1.82, 2.24) is 4.57 Å². The van der Waals surface area contributed by atoms with Crippen LogP contribution in [0.15, 0.2) is 24.3 Å². The highest BCUT2D eigenvalue weighted by Gasteiger charge is 2.22. The summed E-state index contributed by atoms with van der Waals surface area (Å²) in [5.74, 6) is -1.12. The van der Waals surface area contributed by atoms with Gasteiger partial charge >= 0.3 is 5.97 Å². The summed E-state index contributed by atoms with van der Waals surface area (Å²) in [6.07, 6.45) is 0. The van der Waals surface area contributed by atoms with Crippen LogP contribution in [0.5, 0.6) is 5.75 Å². The normalized spacial score (nSPS) is 11.8. The first-order valence-corrected chi connectivity index (χ1v) is 8.91. The number of benzene rings is 1. The molecular formula is C20H24N2O7. The summed E-state index contributed by atoms with van der Waals surface area (Å²) in [4.78, 5) is 35.3. The molecule has 0 bridgehead atoms. The van der Waals surface area contributed by atoms with Crippen LogP contribution in [0.2, 0.25) is 0 Å². The molecule has 0 saturated carbocycles. The first kappa shape index (κ1) is 22.1. The molecule has 0 radical (unpaired) electrons. The molecule has 29 heavy (non-hydrogen) atoms. The van der Waals surface area contributed by atoms with Gasteiger partial charge in [0.25, 0.3) is 5.69 Å². The Morgan fingerprint density at radius 3 is 2.45 bits per heavy atom. The number of ether oxygens (including phenoxy) is 3. The van der Waals surface area contributed by atoms with E-state index in [1.807, 2.05) is 25.3 Å². The van der Waals surface area contributed by atoms with E-state index < -0.39 is 17.5 Å². The van der Waals surface area contributed by atoms with Crippen molar-refractivity contribution in [2.24, 2.45) is 0 Å². The minimum Gasteiger partial charge on any atom is -0.496 e. The lowest BCUT2D eigenvalue weighted by Gasteiger charge is -2.17. The van der Waals surface area contributed by atoms with Crippen LogP contribution in [0.25, 0.3) is 0 Å². The molecule has 9 heteroatoms. The van der Waals surface area contributed by atoms with Crippen LogP contribution >= 0.6 is 0 Å². The largest absolute Gasteiger partial charge is 0.496 e. The Balaban J connectivity index is 2.18. The van der Waals surface area contributed by atoms with Crippen molar-refractivity contribution in [3.8, 4) is 5.75 Å². The number of carbonyl (C=O) groups excluding carboxylic acids is 2. The minimum absolute atomic E-state index is 0.0400. The molecule has 1 heterocycles. The van der Waals surface area contributed by atoms with E-state index in [1.54, 1.807) is 13.2 Å². The van der Waals surface area contributed by atoms with Gasteiger partial charge in [-0.15, -0.1) is 0 Å². The number of non-ortho nitro benzene ring substituents is 1. The molecule has 0 fully saturated rings. The highest BCUT2D eigenvalue weighted by atomic mass is 16.6. The number of ketones is 1. The second-order valence-electron chi connectivity index (χ2n) is 6.60. The van der Waals surface area contributed by atoms with Crippen molar-refractivity contribution in [3.05, 3.63) is 56.9 Å². The maximum Gasteiger partial charge on any atom is 0.342 e. The van der Waals surface area contributed by atoms with Gasteiger partial charge in [0, 0.05) is 36.2 Å². The van der Waals surface area contributed by atoms with E-state index in [0.717, 1.165) is 17.5 Å². The van der Waals surface area contributed by atoms with E-state index in [0.29, 0.717) is 12.2 Å². The molecule has 2 rings (SSSR count). The van der Waals surface area contributed by atoms with Crippen LogP contribution in [0.3, 0.4) is 0 Å². The monoisotopic (exact) mass is 404 g/mol. The first-order valence-electron chi connectivity index (χ1n) is 8.91. The summed E-state index contributed by atoms with van der Waals surface area (Å²) in [5, 5.41) is 10.9. The number of carbonyl (C=O) groups is 2. The number of hydrogen-bond donors (Lipinski definition) is 0. The minimum atomic E-state index is -0.875. The lowest BCUT2D eigenvalue weighted by molar-refractivity contribution is -0.384. The van der Waals surface area contributed by atoms with E-state index in [1.165, 1.54) is 19.2 Å². The number of nitro groups is 1. The van der Waals surface area contributed by atoms with Gasteiger partial charge in [-0.3, -0.25) is 14.9 Å². The molecule has 1 atom stereocenters. The molecular weight excluding hydrogens is 380 g/mol. The van der Waals surface area contributed by atoms with Crippen molar-refractivity contribution in [2.45, 2.75) is 26.8 Å². The van der Waals surface area contributed by atoms with Gasteiger partial charge in [0.05, 0.1) is 24.7 Å². The molecule has 1 aromatic carbocycles. The quantitative estimate of drug-likeness (QED) is 0.273. The molecule has 0 saturated heterocycles. The Hall–Kier alpha value is -3.20. The Kier molecular flexibility index (Phi) is 7.11. The molecule has 9 nitrogen and oxygen atoms in total. The van der Waals surface area contributed by atoms with E-state index in [-0.39, 0.29) is 28.8 Å². The van der Waals surface area contributed by atoms with E-state index in [9.17, 15) is 19.7 Å². The lowest BCUT2D eigenvalue weighted by atomic mass is 10.1. The fourth-order valence-corrected chi connectivity index (χ4v) is 3.31. The van der Waals surface area contributed by atoms with Crippen molar-refractivity contribution < 1.29 is 28.7 Å². The Labute approximate surface area is 168 Å². The molecule has 0 N–H and O–H groups in total. The number of Topliss-reactive ketones (excluding diaryl/α,β-unsaturated/α-hetero) is 1. The van der Waals surface area contributed by atoms with Crippen LogP contribution in [0.1, 0.15) is 45.1 Å². The average molecular weight is 404 g/mol. The van der Waals surface area contributed by atoms with Crippen LogP contribution in [-0.4, -0.2) is 48.7 Å². The maximum absolute atomic E-state index is 12.6. The summed E-state index contributed by atoms with van der Waals surface area (Å²) in [7, 11) is 2.94. The molecule has 1 aromatic heterocycles. The van der Waals surface area contributed by atoms with Crippen molar-refractivity contribution in [3.63, 3.8) is 0 Å². The predicted molar refractivity (Wildman–Crippen MR) is 105 cm³/mol.